The van der Waals surface area contributed by atoms with Gasteiger partial charge in [-0.15, -0.1) is 11.6 Å². The van der Waals surface area contributed by atoms with Gasteiger partial charge in [0.1, 0.15) is 5.75 Å². The van der Waals surface area contributed by atoms with Crippen molar-refractivity contribution in [1.29, 1.82) is 0 Å². The molecule has 0 radical (unpaired) electrons. The highest BCUT2D eigenvalue weighted by Crippen LogP contribution is 2.28. The molecule has 0 aliphatic carbocycles. The highest BCUT2D eigenvalue weighted by Gasteiger charge is 2.03. The van der Waals surface area contributed by atoms with Gasteiger partial charge in [-0.05, 0) is 23.4 Å². The van der Waals surface area contributed by atoms with E-state index >= 15 is 0 Å². The van der Waals surface area contributed by atoms with Crippen molar-refractivity contribution in [1.82, 2.24) is 0 Å². The molecule has 0 saturated heterocycles. The van der Waals surface area contributed by atoms with Crippen molar-refractivity contribution in [3.05, 3.63) is 48.0 Å². The molecule has 17 heavy (non-hydrogen) atoms. The number of methoxy groups -OCH3 is 1. The molecule has 0 amide bonds. The first-order valence-electron chi connectivity index (χ1n) is 5.65. The molecule has 0 fully saturated rings. The average molecular weight is 247 g/mol. The number of rotatable bonds is 4. The zero-order valence-corrected chi connectivity index (χ0v) is 10.6. The van der Waals surface area contributed by atoms with E-state index in [1.54, 1.807) is 7.11 Å². The first-order valence-corrected chi connectivity index (χ1v) is 6.18. The van der Waals surface area contributed by atoms with Gasteiger partial charge in [0.2, 0.25) is 0 Å². The predicted octanol–water partition coefficient (Wildman–Crippen LogP) is 4.49. The predicted molar refractivity (Wildman–Crippen MR) is 74.9 cm³/mol. The third kappa shape index (κ3) is 2.62. The molecule has 1 nitrogen and oxygen atoms in total. The van der Waals surface area contributed by atoms with Crippen molar-refractivity contribution >= 4 is 28.4 Å². The zero-order chi connectivity index (χ0) is 12.1. The minimum Gasteiger partial charge on any atom is -0.496 e. The fourth-order valence-electron chi connectivity index (χ4n) is 1.89. The Morgan fingerprint density at radius 2 is 1.88 bits per heavy atom. The fraction of sp³-hybridized carbons (Fsp3) is 0.200. The van der Waals surface area contributed by atoms with Gasteiger partial charge in [0.05, 0.1) is 7.11 Å². The molecule has 0 heterocycles. The van der Waals surface area contributed by atoms with E-state index in [-0.39, 0.29) is 0 Å². The smallest absolute Gasteiger partial charge is 0.126 e. The van der Waals surface area contributed by atoms with E-state index in [4.69, 9.17) is 16.3 Å². The topological polar surface area (TPSA) is 9.23 Å². The second kappa shape index (κ2) is 5.74. The molecule has 2 aromatic rings. The monoisotopic (exact) mass is 246 g/mol. The summed E-state index contributed by atoms with van der Waals surface area (Å²) < 4.78 is 5.36. The van der Waals surface area contributed by atoms with Gasteiger partial charge in [0.15, 0.2) is 0 Å². The SMILES string of the molecule is COc1ccc(C=CCCCl)c2ccccc12. The van der Waals surface area contributed by atoms with Crippen molar-refractivity contribution in [2.45, 2.75) is 6.42 Å². The quantitative estimate of drug-likeness (QED) is 0.723. The highest BCUT2D eigenvalue weighted by atomic mass is 35.5. The summed E-state index contributed by atoms with van der Waals surface area (Å²) >= 11 is 5.66. The van der Waals surface area contributed by atoms with E-state index in [0.29, 0.717) is 5.88 Å². The Hall–Kier alpha value is -1.47. The lowest BCUT2D eigenvalue weighted by atomic mass is 10.0. The van der Waals surface area contributed by atoms with Gasteiger partial charge in [0, 0.05) is 11.3 Å². The molecule has 0 N–H and O–H groups in total. The van der Waals surface area contributed by atoms with Crippen molar-refractivity contribution in [2.24, 2.45) is 0 Å². The van der Waals surface area contributed by atoms with Crippen LogP contribution in [0.3, 0.4) is 0 Å². The van der Waals surface area contributed by atoms with Crippen LogP contribution in [0.5, 0.6) is 5.75 Å². The summed E-state index contributed by atoms with van der Waals surface area (Å²) in [6.45, 7) is 0. The van der Waals surface area contributed by atoms with Crippen molar-refractivity contribution in [2.75, 3.05) is 13.0 Å². The summed E-state index contributed by atoms with van der Waals surface area (Å²) in [5, 5.41) is 2.35. The first-order chi connectivity index (χ1) is 8.36. The van der Waals surface area contributed by atoms with E-state index in [1.165, 1.54) is 10.9 Å². The molecule has 0 saturated carbocycles. The van der Waals surface area contributed by atoms with Gasteiger partial charge in [-0.2, -0.15) is 0 Å². The van der Waals surface area contributed by atoms with E-state index in [9.17, 15) is 0 Å². The molecule has 0 aliphatic heterocycles. The Morgan fingerprint density at radius 3 is 2.59 bits per heavy atom. The lowest BCUT2D eigenvalue weighted by molar-refractivity contribution is 0.420. The number of hydrogen-bond acceptors (Lipinski definition) is 1. The number of alkyl halides is 1. The van der Waals surface area contributed by atoms with E-state index in [1.807, 2.05) is 18.2 Å². The van der Waals surface area contributed by atoms with Crippen LogP contribution in [-0.2, 0) is 0 Å². The van der Waals surface area contributed by atoms with Crippen LogP contribution in [0.25, 0.3) is 16.8 Å². The van der Waals surface area contributed by atoms with Gasteiger partial charge in [-0.25, -0.2) is 0 Å². The second-order valence-corrected chi connectivity index (χ2v) is 4.16. The van der Waals surface area contributed by atoms with Gasteiger partial charge < -0.3 is 4.74 Å². The van der Waals surface area contributed by atoms with Crippen LogP contribution < -0.4 is 4.74 Å². The largest absolute Gasteiger partial charge is 0.496 e. The Kier molecular flexibility index (Phi) is 4.05. The van der Waals surface area contributed by atoms with Crippen LogP contribution in [0.2, 0.25) is 0 Å². The first kappa shape index (κ1) is 12.0. The Bertz CT molecular complexity index is 531. The van der Waals surface area contributed by atoms with Gasteiger partial charge in [0.25, 0.3) is 0 Å². The number of ether oxygens (including phenoxy) is 1. The van der Waals surface area contributed by atoms with E-state index in [0.717, 1.165) is 17.6 Å². The van der Waals surface area contributed by atoms with Crippen molar-refractivity contribution < 1.29 is 4.74 Å². The maximum absolute atomic E-state index is 5.66. The van der Waals surface area contributed by atoms with Crippen molar-refractivity contribution in [3.63, 3.8) is 0 Å². The van der Waals surface area contributed by atoms with Crippen LogP contribution in [-0.4, -0.2) is 13.0 Å². The molecular weight excluding hydrogens is 232 g/mol. The Morgan fingerprint density at radius 1 is 1.12 bits per heavy atom. The second-order valence-electron chi connectivity index (χ2n) is 3.78. The van der Waals surface area contributed by atoms with Gasteiger partial charge in [-0.1, -0.05) is 42.5 Å². The lowest BCUT2D eigenvalue weighted by Gasteiger charge is -2.07. The number of benzene rings is 2. The summed E-state index contributed by atoms with van der Waals surface area (Å²) in [5.41, 5.74) is 1.20. The molecule has 2 aromatic carbocycles. The van der Waals surface area contributed by atoms with Crippen LogP contribution >= 0.6 is 11.6 Å². The molecule has 0 aromatic heterocycles. The van der Waals surface area contributed by atoms with Crippen LogP contribution in [0, 0.1) is 0 Å². The zero-order valence-electron chi connectivity index (χ0n) is 9.82. The molecule has 0 aliphatic rings. The summed E-state index contributed by atoms with van der Waals surface area (Å²) in [6.07, 6.45) is 5.10. The molecule has 2 heteroatoms. The summed E-state index contributed by atoms with van der Waals surface area (Å²) in [5.74, 6) is 1.57. The number of fused-ring (bicyclic) bond motifs is 1. The summed E-state index contributed by atoms with van der Waals surface area (Å²) in [4.78, 5) is 0. The number of hydrogen-bond donors (Lipinski definition) is 0. The summed E-state index contributed by atoms with van der Waals surface area (Å²) in [7, 11) is 1.70. The van der Waals surface area contributed by atoms with Crippen LogP contribution in [0.1, 0.15) is 12.0 Å². The normalized spacial score (nSPS) is 11.2. The van der Waals surface area contributed by atoms with E-state index < -0.39 is 0 Å². The Balaban J connectivity index is 2.51. The van der Waals surface area contributed by atoms with Crippen LogP contribution in [0.15, 0.2) is 42.5 Å². The van der Waals surface area contributed by atoms with Crippen LogP contribution in [0.4, 0.5) is 0 Å². The van der Waals surface area contributed by atoms with Gasteiger partial charge in [-0.3, -0.25) is 0 Å². The maximum Gasteiger partial charge on any atom is 0.126 e. The molecule has 88 valence electrons. The standard InChI is InChI=1S/C15H15ClO/c1-17-15-10-9-12(6-4-5-11-16)13-7-2-3-8-14(13)15/h2-4,6-10H,5,11H2,1H3. The minimum absolute atomic E-state index is 0.657. The molecule has 2 rings (SSSR count). The lowest BCUT2D eigenvalue weighted by Crippen LogP contribution is -1.86. The minimum atomic E-state index is 0.657. The molecular formula is C15H15ClO. The molecule has 0 bridgehead atoms. The fourth-order valence-corrected chi connectivity index (χ4v) is 2.02. The maximum atomic E-state index is 5.66. The Labute approximate surface area is 107 Å². The summed E-state index contributed by atoms with van der Waals surface area (Å²) in [6, 6.07) is 12.3. The van der Waals surface area contributed by atoms with Gasteiger partial charge >= 0.3 is 0 Å². The van der Waals surface area contributed by atoms with E-state index in [2.05, 4.69) is 30.4 Å². The number of allylic oxidation sites excluding steroid dienone is 1. The number of halogens is 1. The third-order valence-corrected chi connectivity index (χ3v) is 2.93. The average Bonchev–Trinajstić information content (AvgIpc) is 2.39. The molecule has 0 atom stereocenters. The molecule has 0 spiro atoms. The third-order valence-electron chi connectivity index (χ3n) is 2.71. The van der Waals surface area contributed by atoms with Crippen molar-refractivity contribution in [3.8, 4) is 5.75 Å². The molecule has 0 unspecified atom stereocenters. The highest BCUT2D eigenvalue weighted by molar-refractivity contribution is 6.17.